The Hall–Kier alpha value is -0.580. The molecule has 66 valence electrons. The van der Waals surface area contributed by atoms with Crippen LogP contribution in [0.2, 0.25) is 0 Å². The zero-order chi connectivity index (χ0) is 8.84. The van der Waals surface area contributed by atoms with E-state index in [9.17, 15) is 0 Å². The third-order valence-corrected chi connectivity index (χ3v) is 3.46. The number of aryl methyl sites for hydroxylation is 2. The molecular weight excluding hydrogens is 275 g/mol. The van der Waals surface area contributed by atoms with Crippen LogP contribution in [0.25, 0.3) is 11.0 Å². The molecule has 0 saturated heterocycles. The van der Waals surface area contributed by atoms with E-state index < -0.39 is 0 Å². The minimum Gasteiger partial charge on any atom is -0.319 e. The second-order valence-corrected chi connectivity index (χ2v) is 4.39. The summed E-state index contributed by atoms with van der Waals surface area (Å²) in [5.74, 6) is 0. The topological polar surface area (TPSA) is 17.8 Å². The minimum absolute atomic E-state index is 1.12. The summed E-state index contributed by atoms with van der Waals surface area (Å²) in [6.45, 7) is 1.13. The summed E-state index contributed by atoms with van der Waals surface area (Å²) in [5, 5.41) is 0. The highest BCUT2D eigenvalue weighted by molar-refractivity contribution is 14.1. The fourth-order valence-electron chi connectivity index (χ4n) is 2.07. The predicted octanol–water partition coefficient (Wildman–Crippen LogP) is 2.59. The monoisotopic (exact) mass is 284 g/mol. The van der Waals surface area contributed by atoms with Gasteiger partial charge in [0, 0.05) is 6.54 Å². The fraction of sp³-hybridized carbons (Fsp3) is 0.300. The van der Waals surface area contributed by atoms with Gasteiger partial charge in [-0.15, -0.1) is 0 Å². The SMILES string of the molecule is Ic1nc2cccc3c2n1CCC3. The Morgan fingerprint density at radius 2 is 2.31 bits per heavy atom. The summed E-state index contributed by atoms with van der Waals surface area (Å²) in [4.78, 5) is 4.53. The van der Waals surface area contributed by atoms with Crippen LogP contribution in [0.5, 0.6) is 0 Å². The number of benzene rings is 1. The van der Waals surface area contributed by atoms with Gasteiger partial charge in [0.25, 0.3) is 0 Å². The molecule has 0 bridgehead atoms. The fourth-order valence-corrected chi connectivity index (χ4v) is 2.81. The van der Waals surface area contributed by atoms with Crippen molar-refractivity contribution in [2.24, 2.45) is 0 Å². The first kappa shape index (κ1) is 7.79. The highest BCUT2D eigenvalue weighted by Crippen LogP contribution is 2.26. The number of rotatable bonds is 0. The molecule has 3 heteroatoms. The van der Waals surface area contributed by atoms with E-state index in [2.05, 4.69) is 50.3 Å². The molecule has 0 spiro atoms. The Kier molecular flexibility index (Phi) is 1.62. The molecule has 1 aliphatic rings. The number of hydrogen-bond acceptors (Lipinski definition) is 1. The quantitative estimate of drug-likeness (QED) is 0.680. The van der Waals surface area contributed by atoms with Gasteiger partial charge >= 0.3 is 0 Å². The maximum absolute atomic E-state index is 4.53. The Labute approximate surface area is 90.1 Å². The second-order valence-electron chi connectivity index (χ2n) is 3.42. The van der Waals surface area contributed by atoms with Gasteiger partial charge in [-0.3, -0.25) is 0 Å². The van der Waals surface area contributed by atoms with Crippen LogP contribution < -0.4 is 0 Å². The third kappa shape index (κ3) is 1.03. The first-order valence-electron chi connectivity index (χ1n) is 4.50. The zero-order valence-corrected chi connectivity index (χ0v) is 9.28. The number of para-hydroxylation sites is 1. The van der Waals surface area contributed by atoms with Crippen LogP contribution in [0.1, 0.15) is 12.0 Å². The van der Waals surface area contributed by atoms with Crippen LogP contribution in [0.4, 0.5) is 0 Å². The number of halogens is 1. The number of imidazole rings is 1. The number of nitrogens with zero attached hydrogens (tertiary/aromatic N) is 2. The van der Waals surface area contributed by atoms with Crippen molar-refractivity contribution < 1.29 is 0 Å². The average molecular weight is 284 g/mol. The van der Waals surface area contributed by atoms with E-state index in [1.807, 2.05) is 0 Å². The molecule has 2 nitrogen and oxygen atoms in total. The van der Waals surface area contributed by atoms with Gasteiger partial charge in [-0.2, -0.15) is 0 Å². The zero-order valence-electron chi connectivity index (χ0n) is 7.13. The second kappa shape index (κ2) is 2.70. The first-order valence-corrected chi connectivity index (χ1v) is 5.58. The third-order valence-electron chi connectivity index (χ3n) is 2.63. The lowest BCUT2D eigenvalue weighted by atomic mass is 10.1. The molecule has 0 saturated carbocycles. The van der Waals surface area contributed by atoms with Gasteiger partial charge in [-0.25, -0.2) is 4.98 Å². The van der Waals surface area contributed by atoms with Crippen molar-refractivity contribution in [2.75, 3.05) is 0 Å². The minimum atomic E-state index is 1.12. The van der Waals surface area contributed by atoms with E-state index >= 15 is 0 Å². The van der Waals surface area contributed by atoms with Crippen molar-refractivity contribution in [1.29, 1.82) is 0 Å². The molecule has 13 heavy (non-hydrogen) atoms. The van der Waals surface area contributed by atoms with Gasteiger partial charge in [0.1, 0.15) is 0 Å². The normalized spacial score (nSPS) is 15.2. The van der Waals surface area contributed by atoms with E-state index in [-0.39, 0.29) is 0 Å². The van der Waals surface area contributed by atoms with Crippen molar-refractivity contribution in [3.05, 3.63) is 27.6 Å². The van der Waals surface area contributed by atoms with Gasteiger partial charge in [-0.1, -0.05) is 12.1 Å². The van der Waals surface area contributed by atoms with E-state index in [0.717, 1.165) is 15.9 Å². The molecule has 2 heterocycles. The van der Waals surface area contributed by atoms with Gasteiger partial charge < -0.3 is 4.57 Å². The van der Waals surface area contributed by atoms with Crippen molar-refractivity contribution in [1.82, 2.24) is 9.55 Å². The van der Waals surface area contributed by atoms with Gasteiger partial charge in [-0.05, 0) is 47.1 Å². The molecule has 0 radical (unpaired) electrons. The Balaban J connectivity index is 2.51. The van der Waals surface area contributed by atoms with E-state index in [0.29, 0.717) is 0 Å². The van der Waals surface area contributed by atoms with Gasteiger partial charge in [0.05, 0.1) is 11.0 Å². The summed E-state index contributed by atoms with van der Waals surface area (Å²) < 4.78 is 3.45. The maximum atomic E-state index is 4.53. The highest BCUT2D eigenvalue weighted by Gasteiger charge is 2.15. The van der Waals surface area contributed by atoms with Crippen LogP contribution in [0.3, 0.4) is 0 Å². The molecule has 2 aromatic rings. The smallest absolute Gasteiger partial charge is 0.172 e. The summed E-state index contributed by atoms with van der Waals surface area (Å²) in [5.41, 5.74) is 3.97. The van der Waals surface area contributed by atoms with Crippen molar-refractivity contribution in [3.63, 3.8) is 0 Å². The lowest BCUT2D eigenvalue weighted by Crippen LogP contribution is -2.08. The van der Waals surface area contributed by atoms with Crippen LogP contribution >= 0.6 is 22.6 Å². The van der Waals surface area contributed by atoms with E-state index in [1.165, 1.54) is 23.9 Å². The molecule has 1 aromatic heterocycles. The number of aromatic nitrogens is 2. The molecule has 0 N–H and O–H groups in total. The van der Waals surface area contributed by atoms with E-state index in [1.54, 1.807) is 0 Å². The standard InChI is InChI=1S/C10H9IN2/c11-10-12-8-5-1-3-7-4-2-6-13(10)9(7)8/h1,3,5H,2,4,6H2. The Morgan fingerprint density at radius 3 is 3.23 bits per heavy atom. The molecule has 0 amide bonds. The first-order chi connectivity index (χ1) is 6.36. The predicted molar refractivity (Wildman–Crippen MR) is 60.8 cm³/mol. The summed E-state index contributed by atoms with van der Waals surface area (Å²) in [7, 11) is 0. The lowest BCUT2D eigenvalue weighted by Gasteiger charge is -2.14. The molecule has 3 rings (SSSR count). The highest BCUT2D eigenvalue weighted by atomic mass is 127. The van der Waals surface area contributed by atoms with Crippen molar-refractivity contribution in [3.8, 4) is 0 Å². The lowest BCUT2D eigenvalue weighted by molar-refractivity contribution is 0.620. The number of hydrogen-bond donors (Lipinski definition) is 0. The molecule has 0 fully saturated rings. The Bertz CT molecular complexity index is 473. The molecule has 0 atom stereocenters. The van der Waals surface area contributed by atoms with Crippen molar-refractivity contribution in [2.45, 2.75) is 19.4 Å². The van der Waals surface area contributed by atoms with Gasteiger partial charge in [0.15, 0.2) is 3.83 Å². The largest absolute Gasteiger partial charge is 0.319 e. The molecule has 0 unspecified atom stereocenters. The Morgan fingerprint density at radius 1 is 1.38 bits per heavy atom. The summed E-state index contributed by atoms with van der Waals surface area (Å²) >= 11 is 2.32. The van der Waals surface area contributed by atoms with Crippen LogP contribution in [-0.4, -0.2) is 9.55 Å². The molecule has 1 aliphatic heterocycles. The summed E-state index contributed by atoms with van der Waals surface area (Å²) in [6, 6.07) is 6.43. The van der Waals surface area contributed by atoms with E-state index in [4.69, 9.17) is 0 Å². The van der Waals surface area contributed by atoms with Crippen LogP contribution in [0.15, 0.2) is 18.2 Å². The summed E-state index contributed by atoms with van der Waals surface area (Å²) in [6.07, 6.45) is 2.46. The molecule has 0 aliphatic carbocycles. The van der Waals surface area contributed by atoms with Gasteiger partial charge in [0.2, 0.25) is 0 Å². The molecule has 1 aromatic carbocycles. The van der Waals surface area contributed by atoms with Crippen LogP contribution in [0, 0.1) is 3.83 Å². The maximum Gasteiger partial charge on any atom is 0.172 e. The van der Waals surface area contributed by atoms with Crippen molar-refractivity contribution >= 4 is 33.6 Å². The average Bonchev–Trinajstić information content (AvgIpc) is 2.47. The van der Waals surface area contributed by atoms with Crippen LogP contribution in [-0.2, 0) is 13.0 Å². The molecular formula is C10H9IN2.